The van der Waals surface area contributed by atoms with Gasteiger partial charge < -0.3 is 15.0 Å². The van der Waals surface area contributed by atoms with E-state index in [0.717, 1.165) is 30.6 Å². The first-order chi connectivity index (χ1) is 10.3. The van der Waals surface area contributed by atoms with Gasteiger partial charge in [0.25, 0.3) is 5.91 Å². The highest BCUT2D eigenvalue weighted by atomic mass is 16.5. The van der Waals surface area contributed by atoms with Crippen LogP contribution in [0, 0.1) is 5.41 Å². The van der Waals surface area contributed by atoms with E-state index in [1.807, 2.05) is 11.9 Å². The molecule has 6 heteroatoms. The molecule has 2 heterocycles. The van der Waals surface area contributed by atoms with Crippen molar-refractivity contribution in [1.82, 2.24) is 20.4 Å². The van der Waals surface area contributed by atoms with Gasteiger partial charge in [-0.15, -0.1) is 0 Å². The molecule has 2 N–H and O–H groups in total. The highest BCUT2D eigenvalue weighted by Gasteiger charge is 2.60. The van der Waals surface area contributed by atoms with Gasteiger partial charge in [0.1, 0.15) is 0 Å². The van der Waals surface area contributed by atoms with Gasteiger partial charge in [-0.05, 0) is 13.3 Å². The largest absolute Gasteiger partial charge is 0.378 e. The van der Waals surface area contributed by atoms with Crippen LogP contribution in [0.25, 0.3) is 0 Å². The van der Waals surface area contributed by atoms with Gasteiger partial charge in [0.2, 0.25) is 0 Å². The van der Waals surface area contributed by atoms with E-state index in [4.69, 9.17) is 4.74 Å². The Bertz CT molecular complexity index is 595. The molecular weight excluding hydrogens is 280 g/mol. The van der Waals surface area contributed by atoms with Crippen LogP contribution in [0.1, 0.15) is 48.9 Å². The summed E-state index contributed by atoms with van der Waals surface area (Å²) in [6, 6.07) is 0.161. The van der Waals surface area contributed by atoms with Crippen LogP contribution in [-0.2, 0) is 17.7 Å². The molecule has 1 aliphatic carbocycles. The van der Waals surface area contributed by atoms with Crippen molar-refractivity contribution in [2.75, 3.05) is 20.7 Å². The van der Waals surface area contributed by atoms with Crippen LogP contribution >= 0.6 is 0 Å². The summed E-state index contributed by atoms with van der Waals surface area (Å²) in [5, 5.41) is 10.6. The molecule has 2 unspecified atom stereocenters. The maximum absolute atomic E-state index is 12.9. The van der Waals surface area contributed by atoms with E-state index in [-0.39, 0.29) is 23.0 Å². The number of aromatic nitrogens is 2. The number of H-pyrrole nitrogens is 1. The molecule has 1 amide bonds. The fraction of sp³-hybridized carbons (Fsp3) is 0.750. The molecule has 1 fully saturated rings. The van der Waals surface area contributed by atoms with Crippen molar-refractivity contribution in [2.45, 2.75) is 51.8 Å². The quantitative estimate of drug-likeness (QED) is 0.884. The summed E-state index contributed by atoms with van der Waals surface area (Å²) in [6.07, 6.45) is 1.75. The van der Waals surface area contributed by atoms with Crippen molar-refractivity contribution in [2.24, 2.45) is 5.41 Å². The Morgan fingerprint density at radius 1 is 1.41 bits per heavy atom. The molecule has 1 aromatic rings. The van der Waals surface area contributed by atoms with Gasteiger partial charge in [-0.1, -0.05) is 13.8 Å². The molecule has 1 saturated carbocycles. The minimum Gasteiger partial charge on any atom is -0.378 e. The Morgan fingerprint density at radius 2 is 2.14 bits per heavy atom. The number of methoxy groups -OCH3 is 1. The summed E-state index contributed by atoms with van der Waals surface area (Å²) in [5.74, 6) is -0.00238. The minimum absolute atomic E-state index is 0.00238. The molecule has 0 spiro atoms. The standard InChI is InChI=1S/C16H26N4O2/c1-15(2)12(8-16(15,3)22-5)20(4)14(21)13-10-9-17-7-6-11(10)18-19-13/h12,17H,6-9H2,1-5H3,(H,18,19). The van der Waals surface area contributed by atoms with Gasteiger partial charge in [-0.3, -0.25) is 9.89 Å². The maximum atomic E-state index is 12.9. The highest BCUT2D eigenvalue weighted by molar-refractivity contribution is 5.94. The Hall–Kier alpha value is -1.40. The number of carbonyl (C=O) groups excluding carboxylic acids is 1. The van der Waals surface area contributed by atoms with Crippen LogP contribution in [0.2, 0.25) is 0 Å². The van der Waals surface area contributed by atoms with Crippen molar-refractivity contribution in [3.8, 4) is 0 Å². The van der Waals surface area contributed by atoms with E-state index in [1.165, 1.54) is 0 Å². The van der Waals surface area contributed by atoms with Crippen LogP contribution < -0.4 is 5.32 Å². The molecule has 2 aliphatic rings. The van der Waals surface area contributed by atoms with Crippen molar-refractivity contribution in [3.63, 3.8) is 0 Å². The molecule has 2 atom stereocenters. The van der Waals surface area contributed by atoms with E-state index >= 15 is 0 Å². The van der Waals surface area contributed by atoms with Crippen LogP contribution in [0.5, 0.6) is 0 Å². The number of hydrogen-bond acceptors (Lipinski definition) is 4. The summed E-state index contributed by atoms with van der Waals surface area (Å²) in [7, 11) is 3.62. The first-order valence-corrected chi connectivity index (χ1v) is 7.91. The van der Waals surface area contributed by atoms with Crippen molar-refractivity contribution in [3.05, 3.63) is 17.0 Å². The van der Waals surface area contributed by atoms with Crippen LogP contribution in [0.15, 0.2) is 0 Å². The number of rotatable bonds is 3. The number of ether oxygens (including phenoxy) is 1. The monoisotopic (exact) mass is 306 g/mol. The smallest absolute Gasteiger partial charge is 0.274 e. The van der Waals surface area contributed by atoms with Gasteiger partial charge in [0.15, 0.2) is 5.69 Å². The fourth-order valence-corrected chi connectivity index (χ4v) is 3.79. The Kier molecular flexibility index (Phi) is 3.57. The normalized spacial score (nSPS) is 29.6. The molecule has 6 nitrogen and oxygen atoms in total. The molecule has 1 aliphatic heterocycles. The maximum Gasteiger partial charge on any atom is 0.274 e. The molecule has 0 aromatic carbocycles. The van der Waals surface area contributed by atoms with E-state index in [9.17, 15) is 4.79 Å². The zero-order chi connectivity index (χ0) is 16.1. The first kappa shape index (κ1) is 15.5. The van der Waals surface area contributed by atoms with E-state index < -0.39 is 0 Å². The lowest BCUT2D eigenvalue weighted by atomic mass is 9.55. The van der Waals surface area contributed by atoms with Crippen LogP contribution in [0.4, 0.5) is 0 Å². The third-order valence-electron chi connectivity index (χ3n) is 6.03. The number of aromatic amines is 1. The number of fused-ring (bicyclic) bond motifs is 1. The Labute approximate surface area is 131 Å². The van der Waals surface area contributed by atoms with Gasteiger partial charge in [0, 0.05) is 56.4 Å². The summed E-state index contributed by atoms with van der Waals surface area (Å²) >= 11 is 0. The summed E-state index contributed by atoms with van der Waals surface area (Å²) in [4.78, 5) is 14.7. The predicted octanol–water partition coefficient (Wildman–Crippen LogP) is 1.33. The fourth-order valence-electron chi connectivity index (χ4n) is 3.79. The van der Waals surface area contributed by atoms with E-state index in [2.05, 4.69) is 36.3 Å². The average molecular weight is 306 g/mol. The summed E-state index contributed by atoms with van der Waals surface area (Å²) < 4.78 is 5.66. The second-order valence-electron chi connectivity index (χ2n) is 7.25. The number of amides is 1. The Morgan fingerprint density at radius 3 is 2.77 bits per heavy atom. The van der Waals surface area contributed by atoms with Gasteiger partial charge in [0.05, 0.1) is 5.60 Å². The first-order valence-electron chi connectivity index (χ1n) is 7.91. The molecular formula is C16H26N4O2. The minimum atomic E-state index is -0.182. The lowest BCUT2D eigenvalue weighted by Gasteiger charge is -2.61. The lowest BCUT2D eigenvalue weighted by Crippen LogP contribution is -2.68. The number of nitrogens with one attached hydrogen (secondary N) is 2. The predicted molar refractivity (Wildman–Crippen MR) is 83.7 cm³/mol. The second kappa shape index (κ2) is 5.06. The number of hydrogen-bond donors (Lipinski definition) is 2. The van der Waals surface area contributed by atoms with Gasteiger partial charge >= 0.3 is 0 Å². The zero-order valence-electron chi connectivity index (χ0n) is 14.1. The second-order valence-corrected chi connectivity index (χ2v) is 7.25. The average Bonchev–Trinajstić information content (AvgIpc) is 2.94. The van der Waals surface area contributed by atoms with Crippen molar-refractivity contribution in [1.29, 1.82) is 0 Å². The molecule has 0 radical (unpaired) electrons. The molecule has 0 bridgehead atoms. The molecule has 1 aromatic heterocycles. The van der Waals surface area contributed by atoms with Gasteiger partial charge in [-0.2, -0.15) is 5.10 Å². The molecule has 3 rings (SSSR count). The lowest BCUT2D eigenvalue weighted by molar-refractivity contribution is -0.198. The highest BCUT2D eigenvalue weighted by Crippen LogP contribution is 2.53. The third kappa shape index (κ3) is 2.01. The number of nitrogens with zero attached hydrogens (tertiary/aromatic N) is 2. The number of carbonyl (C=O) groups is 1. The zero-order valence-corrected chi connectivity index (χ0v) is 14.1. The van der Waals surface area contributed by atoms with Crippen LogP contribution in [0.3, 0.4) is 0 Å². The topological polar surface area (TPSA) is 70.2 Å². The molecule has 22 heavy (non-hydrogen) atoms. The van der Waals surface area contributed by atoms with E-state index in [0.29, 0.717) is 12.2 Å². The SMILES string of the molecule is COC1(C)CC(N(C)C(=O)c2n[nH]c3c2CNCC3)C1(C)C. The van der Waals surface area contributed by atoms with Crippen molar-refractivity contribution < 1.29 is 9.53 Å². The molecule has 0 saturated heterocycles. The van der Waals surface area contributed by atoms with Crippen molar-refractivity contribution >= 4 is 5.91 Å². The van der Waals surface area contributed by atoms with Gasteiger partial charge in [-0.25, -0.2) is 0 Å². The van der Waals surface area contributed by atoms with Crippen LogP contribution in [-0.4, -0.2) is 53.3 Å². The Balaban J connectivity index is 1.80. The molecule has 122 valence electrons. The van der Waals surface area contributed by atoms with E-state index in [1.54, 1.807) is 7.11 Å². The summed E-state index contributed by atoms with van der Waals surface area (Å²) in [6.45, 7) is 8.08. The summed E-state index contributed by atoms with van der Waals surface area (Å²) in [5.41, 5.74) is 2.41. The third-order valence-corrected chi connectivity index (χ3v) is 6.03.